The van der Waals surface area contributed by atoms with Gasteiger partial charge >= 0.3 is 0 Å². The van der Waals surface area contributed by atoms with Gasteiger partial charge in [0.2, 0.25) is 5.91 Å². The van der Waals surface area contributed by atoms with Gasteiger partial charge in [0.25, 0.3) is 10.2 Å². The first-order valence-corrected chi connectivity index (χ1v) is 11.7. The van der Waals surface area contributed by atoms with Crippen LogP contribution in [0.3, 0.4) is 0 Å². The summed E-state index contributed by atoms with van der Waals surface area (Å²) in [7, 11) is -0.463. The Morgan fingerprint density at radius 3 is 2.55 bits per heavy atom. The molecule has 0 radical (unpaired) electrons. The van der Waals surface area contributed by atoms with Gasteiger partial charge in [-0.05, 0) is 37.5 Å². The summed E-state index contributed by atoms with van der Waals surface area (Å²) in [6.45, 7) is 2.92. The number of anilines is 1. The van der Waals surface area contributed by atoms with Gasteiger partial charge in [-0.3, -0.25) is 9.69 Å². The minimum Gasteiger partial charge on any atom is -0.292 e. The van der Waals surface area contributed by atoms with Crippen molar-refractivity contribution in [1.82, 2.24) is 18.6 Å². The number of aryl methyl sites for hydroxylation is 1. The van der Waals surface area contributed by atoms with E-state index < -0.39 is 10.2 Å². The number of nitrogens with zero attached hydrogens (tertiary/aromatic N) is 5. The van der Waals surface area contributed by atoms with Crippen LogP contribution in [0.15, 0.2) is 24.3 Å². The number of fused-ring (bicyclic) bond motifs is 1. The van der Waals surface area contributed by atoms with E-state index in [1.54, 1.807) is 17.0 Å². The first-order chi connectivity index (χ1) is 14.7. The van der Waals surface area contributed by atoms with Crippen molar-refractivity contribution < 1.29 is 17.6 Å². The number of halogens is 1. The van der Waals surface area contributed by atoms with Crippen molar-refractivity contribution >= 4 is 21.9 Å². The van der Waals surface area contributed by atoms with Gasteiger partial charge in [-0.2, -0.15) is 17.0 Å². The highest BCUT2D eigenvalue weighted by molar-refractivity contribution is 7.86. The largest absolute Gasteiger partial charge is 0.292 e. The van der Waals surface area contributed by atoms with Crippen LogP contribution in [-0.2, 0) is 28.0 Å². The molecule has 2 aliphatic heterocycles. The fraction of sp³-hybridized carbons (Fsp3) is 0.476. The molecule has 0 bridgehead atoms. The molecule has 2 aliphatic rings. The smallest absolute Gasteiger partial charge is 0.281 e. The molecule has 1 atom stereocenters. The van der Waals surface area contributed by atoms with Crippen molar-refractivity contribution in [3.05, 3.63) is 52.7 Å². The molecular formula is C21H26FN5O3S. The van der Waals surface area contributed by atoms with Gasteiger partial charge in [-0.1, -0.05) is 12.1 Å². The van der Waals surface area contributed by atoms with E-state index in [1.807, 2.05) is 6.92 Å². The van der Waals surface area contributed by atoms with E-state index in [1.165, 1.54) is 34.8 Å². The van der Waals surface area contributed by atoms with Crippen LogP contribution in [0, 0.1) is 12.7 Å². The number of carbonyl (C=O) groups is 1. The van der Waals surface area contributed by atoms with E-state index in [0.717, 1.165) is 16.8 Å². The molecule has 1 amide bonds. The fourth-order valence-electron chi connectivity index (χ4n) is 4.10. The molecule has 2 aromatic rings. The van der Waals surface area contributed by atoms with Crippen molar-refractivity contribution in [3.8, 4) is 0 Å². The first-order valence-electron chi connectivity index (χ1n) is 10.3. The molecular weight excluding hydrogens is 421 g/mol. The van der Waals surface area contributed by atoms with Gasteiger partial charge in [-0.25, -0.2) is 14.4 Å². The van der Waals surface area contributed by atoms with Crippen LogP contribution in [0.1, 0.15) is 41.4 Å². The standard InChI is InChI=1S/C21H26FN5O3S/c1-14-18-8-9-19(28)27(12-15-4-6-17(22)7-5-15)21(18)24-20(23-14)16-10-11-26(13-16)31(29,30)25(2)3/h4-7,16H,8-13H2,1-3H3/t16-/m1/s1. The Labute approximate surface area is 181 Å². The molecule has 0 aliphatic carbocycles. The number of hydrogen-bond acceptors (Lipinski definition) is 5. The summed E-state index contributed by atoms with van der Waals surface area (Å²) in [6, 6.07) is 6.07. The maximum Gasteiger partial charge on any atom is 0.281 e. The summed E-state index contributed by atoms with van der Waals surface area (Å²) in [5.41, 5.74) is 2.55. The Morgan fingerprint density at radius 1 is 1.16 bits per heavy atom. The predicted molar refractivity (Wildman–Crippen MR) is 114 cm³/mol. The van der Waals surface area contributed by atoms with E-state index in [-0.39, 0.29) is 17.6 Å². The van der Waals surface area contributed by atoms with Crippen LogP contribution in [0.4, 0.5) is 10.2 Å². The molecule has 8 nitrogen and oxygen atoms in total. The van der Waals surface area contributed by atoms with Crippen molar-refractivity contribution in [3.63, 3.8) is 0 Å². The number of aromatic nitrogens is 2. The van der Waals surface area contributed by atoms with Gasteiger partial charge < -0.3 is 0 Å². The highest BCUT2D eigenvalue weighted by Crippen LogP contribution is 2.33. The Balaban J connectivity index is 1.64. The van der Waals surface area contributed by atoms with Crippen LogP contribution >= 0.6 is 0 Å². The molecule has 1 saturated heterocycles. The lowest BCUT2D eigenvalue weighted by Gasteiger charge is -2.30. The summed E-state index contributed by atoms with van der Waals surface area (Å²) < 4.78 is 40.8. The summed E-state index contributed by atoms with van der Waals surface area (Å²) in [4.78, 5) is 23.8. The highest BCUT2D eigenvalue weighted by atomic mass is 32.2. The number of amides is 1. The third kappa shape index (κ3) is 4.19. The molecule has 3 heterocycles. The number of benzene rings is 1. The van der Waals surface area contributed by atoms with Gasteiger partial charge in [0, 0.05) is 50.8 Å². The van der Waals surface area contributed by atoms with Crippen LogP contribution in [0.5, 0.6) is 0 Å². The lowest BCUT2D eigenvalue weighted by molar-refractivity contribution is -0.119. The zero-order chi connectivity index (χ0) is 22.3. The normalized spacial score (nSPS) is 19.8. The molecule has 0 unspecified atom stereocenters. The number of rotatable bonds is 5. The predicted octanol–water partition coefficient (Wildman–Crippen LogP) is 2.00. The molecule has 4 rings (SSSR count). The maximum atomic E-state index is 13.3. The molecule has 166 valence electrons. The van der Waals surface area contributed by atoms with Crippen LogP contribution in [-0.4, -0.2) is 60.1 Å². The second-order valence-corrected chi connectivity index (χ2v) is 10.4. The number of hydrogen-bond donors (Lipinski definition) is 0. The average Bonchev–Trinajstić information content (AvgIpc) is 3.22. The second kappa shape index (κ2) is 8.25. The molecule has 10 heteroatoms. The Hall–Kier alpha value is -2.43. The first kappa shape index (κ1) is 21.8. The Morgan fingerprint density at radius 2 is 1.87 bits per heavy atom. The topological polar surface area (TPSA) is 86.7 Å². The van der Waals surface area contributed by atoms with Crippen molar-refractivity contribution in [2.75, 3.05) is 32.1 Å². The lowest BCUT2D eigenvalue weighted by Crippen LogP contribution is -2.38. The summed E-state index contributed by atoms with van der Waals surface area (Å²) in [5.74, 6) is 0.643. The average molecular weight is 448 g/mol. The van der Waals surface area contributed by atoms with Gasteiger partial charge in [-0.15, -0.1) is 0 Å². The lowest BCUT2D eigenvalue weighted by atomic mass is 10.0. The van der Waals surface area contributed by atoms with E-state index in [2.05, 4.69) is 4.98 Å². The van der Waals surface area contributed by atoms with Gasteiger partial charge in [0.1, 0.15) is 17.5 Å². The Kier molecular flexibility index (Phi) is 5.80. The maximum absolute atomic E-state index is 13.3. The molecule has 0 N–H and O–H groups in total. The van der Waals surface area contributed by atoms with Gasteiger partial charge in [0.05, 0.1) is 6.54 Å². The zero-order valence-corrected chi connectivity index (χ0v) is 18.7. The molecule has 1 aromatic carbocycles. The zero-order valence-electron chi connectivity index (χ0n) is 17.9. The van der Waals surface area contributed by atoms with Crippen molar-refractivity contribution in [2.45, 2.75) is 38.6 Å². The van der Waals surface area contributed by atoms with Crippen molar-refractivity contribution in [1.29, 1.82) is 0 Å². The Bertz CT molecular complexity index is 1100. The summed E-state index contributed by atoms with van der Waals surface area (Å²) >= 11 is 0. The molecule has 0 spiro atoms. The quantitative estimate of drug-likeness (QED) is 0.700. The van der Waals surface area contributed by atoms with Crippen LogP contribution in [0.25, 0.3) is 0 Å². The van der Waals surface area contributed by atoms with E-state index >= 15 is 0 Å². The SMILES string of the molecule is Cc1nc([C@@H]2CCN(S(=O)(=O)N(C)C)C2)nc2c1CCC(=O)N2Cc1ccc(F)cc1. The van der Waals surface area contributed by atoms with E-state index in [4.69, 9.17) is 4.98 Å². The summed E-state index contributed by atoms with van der Waals surface area (Å²) in [6.07, 6.45) is 1.57. The van der Waals surface area contributed by atoms with Gasteiger partial charge in [0.15, 0.2) is 0 Å². The molecule has 0 saturated carbocycles. The van der Waals surface area contributed by atoms with Crippen LogP contribution < -0.4 is 4.90 Å². The number of carbonyl (C=O) groups excluding carboxylic acids is 1. The van der Waals surface area contributed by atoms with E-state index in [0.29, 0.717) is 50.5 Å². The molecule has 1 aromatic heterocycles. The van der Waals surface area contributed by atoms with E-state index in [9.17, 15) is 17.6 Å². The van der Waals surface area contributed by atoms with Crippen molar-refractivity contribution in [2.24, 2.45) is 0 Å². The third-order valence-corrected chi connectivity index (χ3v) is 7.82. The minimum absolute atomic E-state index is 0.0379. The monoisotopic (exact) mass is 447 g/mol. The summed E-state index contributed by atoms with van der Waals surface area (Å²) in [5, 5.41) is 0. The molecule has 31 heavy (non-hydrogen) atoms. The second-order valence-electron chi connectivity index (χ2n) is 8.21. The fourth-order valence-corrected chi connectivity index (χ4v) is 5.27. The third-order valence-electron chi connectivity index (χ3n) is 5.91. The minimum atomic E-state index is -3.49. The van der Waals surface area contributed by atoms with Crippen LogP contribution in [0.2, 0.25) is 0 Å². The highest BCUT2D eigenvalue weighted by Gasteiger charge is 2.36. The molecule has 1 fully saturated rings.